The molecule has 0 heterocycles. The second kappa shape index (κ2) is 10.4. The Morgan fingerprint density at radius 2 is 1.33 bits per heavy atom. The highest BCUT2D eigenvalue weighted by molar-refractivity contribution is 5.61. The molecule has 6 nitrogen and oxygen atoms in total. The summed E-state index contributed by atoms with van der Waals surface area (Å²) in [5.41, 5.74) is 0.845. The predicted molar refractivity (Wildman–Crippen MR) is 119 cm³/mol. The van der Waals surface area contributed by atoms with E-state index in [1.165, 1.54) is 0 Å². The first-order valence-corrected chi connectivity index (χ1v) is 10.1. The van der Waals surface area contributed by atoms with Gasteiger partial charge in [-0.05, 0) is 73.6 Å². The summed E-state index contributed by atoms with van der Waals surface area (Å²) in [6, 6.07) is 19.1. The molecule has 0 spiro atoms. The van der Waals surface area contributed by atoms with E-state index < -0.39 is 0 Å². The quantitative estimate of drug-likeness (QED) is 0.355. The topological polar surface area (TPSA) is 83.0 Å². The molecule has 0 amide bonds. The Kier molecular flexibility index (Phi) is 7.40. The fourth-order valence-electron chi connectivity index (χ4n) is 2.97. The highest BCUT2D eigenvalue weighted by Gasteiger charge is 2.11. The van der Waals surface area contributed by atoms with E-state index in [1.807, 2.05) is 18.2 Å². The molecule has 0 unspecified atom stereocenters. The monoisotopic (exact) mass is 408 g/mol. The second-order valence-electron chi connectivity index (χ2n) is 6.89. The van der Waals surface area contributed by atoms with Crippen molar-refractivity contribution >= 4 is 5.69 Å². The number of ether oxygens (including phenoxy) is 2. The lowest BCUT2D eigenvalue weighted by atomic mass is 10.2. The van der Waals surface area contributed by atoms with Gasteiger partial charge in [-0.25, -0.2) is 0 Å². The van der Waals surface area contributed by atoms with Crippen molar-refractivity contribution in [3.8, 4) is 34.5 Å². The van der Waals surface area contributed by atoms with Gasteiger partial charge < -0.3 is 30.3 Å². The van der Waals surface area contributed by atoms with Crippen molar-refractivity contribution in [1.82, 2.24) is 5.32 Å². The van der Waals surface area contributed by atoms with Gasteiger partial charge in [0.05, 0.1) is 5.69 Å². The lowest BCUT2D eigenvalue weighted by Crippen LogP contribution is -2.34. The summed E-state index contributed by atoms with van der Waals surface area (Å²) in [6.45, 7) is 5.92. The summed E-state index contributed by atoms with van der Waals surface area (Å²) in [4.78, 5) is 0. The van der Waals surface area contributed by atoms with Crippen LogP contribution in [0, 0.1) is 0 Å². The Morgan fingerprint density at radius 1 is 0.767 bits per heavy atom. The average Bonchev–Trinajstić information content (AvgIpc) is 2.75. The van der Waals surface area contributed by atoms with Crippen LogP contribution in [0.15, 0.2) is 66.7 Å². The smallest absolute Gasteiger partial charge is 0.154 e. The van der Waals surface area contributed by atoms with Crippen LogP contribution in [0.5, 0.6) is 34.5 Å². The summed E-state index contributed by atoms with van der Waals surface area (Å²) in [5, 5.41) is 25.9. The summed E-state index contributed by atoms with van der Waals surface area (Å²) >= 11 is 0. The van der Waals surface area contributed by atoms with Crippen LogP contribution in [0.4, 0.5) is 5.69 Å². The summed E-state index contributed by atoms with van der Waals surface area (Å²) in [6.07, 6.45) is 1.01. The number of hydrogen-bond acceptors (Lipinski definition) is 6. The zero-order valence-corrected chi connectivity index (χ0v) is 17.3. The number of rotatable bonds is 10. The zero-order valence-electron chi connectivity index (χ0n) is 17.3. The molecular formula is C24H28N2O4. The van der Waals surface area contributed by atoms with Crippen molar-refractivity contribution < 1.29 is 19.7 Å². The van der Waals surface area contributed by atoms with E-state index >= 15 is 0 Å². The molecule has 0 saturated carbocycles. The molecule has 4 N–H and O–H groups in total. The van der Waals surface area contributed by atoms with E-state index in [-0.39, 0.29) is 11.5 Å². The lowest BCUT2D eigenvalue weighted by Gasteiger charge is -2.19. The maximum absolute atomic E-state index is 9.52. The third-order valence-corrected chi connectivity index (χ3v) is 4.61. The minimum atomic E-state index is 0.182. The first-order chi connectivity index (χ1) is 14.6. The van der Waals surface area contributed by atoms with E-state index in [0.29, 0.717) is 29.0 Å². The zero-order chi connectivity index (χ0) is 21.3. The normalized spacial score (nSPS) is 11.7. The minimum Gasteiger partial charge on any atom is -0.508 e. The number of hydrogen-bond donors (Lipinski definition) is 4. The molecule has 0 aliphatic heterocycles. The number of phenols is 2. The molecule has 3 aromatic carbocycles. The van der Waals surface area contributed by atoms with Gasteiger partial charge in [0.15, 0.2) is 5.75 Å². The molecule has 3 aromatic rings. The van der Waals surface area contributed by atoms with Crippen molar-refractivity contribution in [2.45, 2.75) is 26.3 Å². The van der Waals surface area contributed by atoms with E-state index in [2.05, 4.69) is 24.5 Å². The molecule has 6 heteroatoms. The number of benzene rings is 3. The number of anilines is 1. The van der Waals surface area contributed by atoms with Crippen LogP contribution in [0.2, 0.25) is 0 Å². The first kappa shape index (κ1) is 21.3. The van der Waals surface area contributed by atoms with Gasteiger partial charge in [-0.2, -0.15) is 0 Å². The van der Waals surface area contributed by atoms with Crippen LogP contribution < -0.4 is 20.1 Å². The molecular weight excluding hydrogens is 380 g/mol. The highest BCUT2D eigenvalue weighted by atomic mass is 16.5. The van der Waals surface area contributed by atoms with Crippen molar-refractivity contribution in [2.75, 3.05) is 18.4 Å². The van der Waals surface area contributed by atoms with Crippen LogP contribution in [0.25, 0.3) is 0 Å². The van der Waals surface area contributed by atoms with Crippen molar-refractivity contribution in [3.63, 3.8) is 0 Å². The van der Waals surface area contributed by atoms with E-state index in [1.54, 1.807) is 48.5 Å². The van der Waals surface area contributed by atoms with Crippen LogP contribution in [0.3, 0.4) is 0 Å². The third-order valence-electron chi connectivity index (χ3n) is 4.61. The maximum atomic E-state index is 9.52. The van der Waals surface area contributed by atoms with Crippen molar-refractivity contribution in [2.24, 2.45) is 0 Å². The Hall–Kier alpha value is -3.38. The molecule has 0 aliphatic rings. The van der Waals surface area contributed by atoms with E-state index in [9.17, 15) is 10.2 Å². The molecule has 158 valence electrons. The van der Waals surface area contributed by atoms with Gasteiger partial charge in [-0.1, -0.05) is 13.8 Å². The fourth-order valence-corrected chi connectivity index (χ4v) is 2.97. The van der Waals surface area contributed by atoms with Gasteiger partial charge in [0, 0.05) is 18.7 Å². The van der Waals surface area contributed by atoms with E-state index in [0.717, 1.165) is 25.2 Å². The van der Waals surface area contributed by atoms with Gasteiger partial charge in [-0.3, -0.25) is 0 Å². The Bertz CT molecular complexity index is 927. The molecule has 0 bridgehead atoms. The van der Waals surface area contributed by atoms with Crippen LogP contribution >= 0.6 is 0 Å². The molecule has 1 atom stereocenters. The second-order valence-corrected chi connectivity index (χ2v) is 6.89. The maximum Gasteiger partial charge on any atom is 0.154 e. The van der Waals surface area contributed by atoms with Gasteiger partial charge >= 0.3 is 0 Å². The standard InChI is InChI=1S/C24H28N2O4/c1-3-17(25-4-2)16-26-23-14-13-22(29-20-9-5-18(27)6-10-20)15-24(23)30-21-11-7-19(28)8-12-21/h5-15,17,25-28H,3-4,16H2,1-2H3/t17-/m0/s1. The van der Waals surface area contributed by atoms with Crippen molar-refractivity contribution in [3.05, 3.63) is 66.7 Å². The molecule has 30 heavy (non-hydrogen) atoms. The molecule has 3 rings (SSSR count). The van der Waals surface area contributed by atoms with E-state index in [4.69, 9.17) is 9.47 Å². The lowest BCUT2D eigenvalue weighted by molar-refractivity contribution is 0.452. The number of likely N-dealkylation sites (N-methyl/N-ethyl adjacent to an activating group) is 1. The Labute approximate surface area is 177 Å². The van der Waals surface area contributed by atoms with Crippen molar-refractivity contribution in [1.29, 1.82) is 0 Å². The fraction of sp³-hybridized carbons (Fsp3) is 0.250. The van der Waals surface area contributed by atoms with Crippen LogP contribution in [-0.2, 0) is 0 Å². The molecule has 0 saturated heterocycles. The molecule has 0 radical (unpaired) electrons. The van der Waals surface area contributed by atoms with Crippen LogP contribution in [-0.4, -0.2) is 29.3 Å². The third kappa shape index (κ3) is 6.06. The minimum absolute atomic E-state index is 0.182. The Morgan fingerprint density at radius 3 is 1.90 bits per heavy atom. The van der Waals surface area contributed by atoms with Gasteiger partial charge in [0.25, 0.3) is 0 Å². The number of phenolic OH excluding ortho intramolecular Hbond substituents is 2. The SMILES string of the molecule is CCN[C@@H](CC)CNc1ccc(Oc2ccc(O)cc2)cc1Oc1ccc(O)cc1. The number of nitrogens with one attached hydrogen (secondary N) is 2. The first-order valence-electron chi connectivity index (χ1n) is 10.1. The van der Waals surface area contributed by atoms with Gasteiger partial charge in [0.1, 0.15) is 28.7 Å². The largest absolute Gasteiger partial charge is 0.508 e. The summed E-state index contributed by atoms with van der Waals surface area (Å²) < 4.78 is 12.0. The molecule has 0 aromatic heterocycles. The Balaban J connectivity index is 1.82. The highest BCUT2D eigenvalue weighted by Crippen LogP contribution is 2.35. The molecule has 0 fully saturated rings. The number of aromatic hydroxyl groups is 2. The summed E-state index contributed by atoms with van der Waals surface area (Å²) in [7, 11) is 0. The van der Waals surface area contributed by atoms with Gasteiger partial charge in [0.2, 0.25) is 0 Å². The average molecular weight is 408 g/mol. The van der Waals surface area contributed by atoms with Crippen LogP contribution in [0.1, 0.15) is 20.3 Å². The van der Waals surface area contributed by atoms with Gasteiger partial charge in [-0.15, -0.1) is 0 Å². The molecule has 0 aliphatic carbocycles. The predicted octanol–water partition coefficient (Wildman–Crippen LogP) is 5.48. The summed E-state index contributed by atoms with van der Waals surface area (Å²) in [5.74, 6) is 2.81.